The van der Waals surface area contributed by atoms with E-state index >= 15 is 0 Å². The van der Waals surface area contributed by atoms with Crippen LogP contribution in [0, 0.1) is 5.92 Å². The first-order chi connectivity index (χ1) is 18.9. The summed E-state index contributed by atoms with van der Waals surface area (Å²) in [6.07, 6.45) is 1.31. The molecular formula is C32H50N2O5Si. The topological polar surface area (TPSA) is 83.3 Å². The lowest BCUT2D eigenvalue weighted by atomic mass is 9.90. The minimum absolute atomic E-state index is 0.0577. The molecule has 0 unspecified atom stereocenters. The summed E-state index contributed by atoms with van der Waals surface area (Å²) >= 11 is 0. The Bertz CT molecular complexity index is 984. The van der Waals surface area contributed by atoms with Crippen LogP contribution in [0.15, 0.2) is 60.7 Å². The van der Waals surface area contributed by atoms with Gasteiger partial charge in [-0.05, 0) is 54.9 Å². The molecule has 2 atom stereocenters. The predicted octanol–water partition coefficient (Wildman–Crippen LogP) is 4.57. The lowest BCUT2D eigenvalue weighted by Crippen LogP contribution is -2.66. The SMILES string of the molecule is CC(C)(C)OC(=O)N1CC[C@H](N)[C@@H](CCOCCOCCO[Si](c2ccccc2)(c2ccccc2)C(C)(C)C)C1. The Morgan fingerprint density at radius 1 is 0.850 bits per heavy atom. The van der Waals surface area contributed by atoms with Crippen molar-refractivity contribution in [2.24, 2.45) is 11.7 Å². The number of ether oxygens (including phenoxy) is 3. The first-order valence-corrected chi connectivity index (χ1v) is 16.5. The first-order valence-electron chi connectivity index (χ1n) is 14.6. The van der Waals surface area contributed by atoms with Gasteiger partial charge >= 0.3 is 6.09 Å². The molecule has 1 aliphatic rings. The summed E-state index contributed by atoms with van der Waals surface area (Å²) in [6.45, 7) is 16.4. The predicted molar refractivity (Wildman–Crippen MR) is 164 cm³/mol. The van der Waals surface area contributed by atoms with Crippen LogP contribution in [0.5, 0.6) is 0 Å². The fourth-order valence-corrected chi connectivity index (χ4v) is 9.96. The smallest absolute Gasteiger partial charge is 0.410 e. The minimum Gasteiger partial charge on any atom is -0.444 e. The van der Waals surface area contributed by atoms with Gasteiger partial charge in [-0.15, -0.1) is 0 Å². The largest absolute Gasteiger partial charge is 0.444 e. The lowest BCUT2D eigenvalue weighted by Gasteiger charge is -2.43. The molecule has 3 rings (SSSR count). The highest BCUT2D eigenvalue weighted by Crippen LogP contribution is 2.36. The zero-order valence-corrected chi connectivity index (χ0v) is 26.4. The number of likely N-dealkylation sites (tertiary alicyclic amines) is 1. The van der Waals surface area contributed by atoms with E-state index in [2.05, 4.69) is 81.4 Å². The normalized spacial score (nSPS) is 18.5. The van der Waals surface area contributed by atoms with E-state index in [1.807, 2.05) is 20.8 Å². The van der Waals surface area contributed by atoms with E-state index in [-0.39, 0.29) is 23.1 Å². The number of carbonyl (C=O) groups is 1. The molecule has 0 aromatic heterocycles. The van der Waals surface area contributed by atoms with Gasteiger partial charge in [0.2, 0.25) is 0 Å². The van der Waals surface area contributed by atoms with Crippen LogP contribution < -0.4 is 16.1 Å². The molecule has 0 bridgehead atoms. The number of hydrogen-bond donors (Lipinski definition) is 1. The summed E-state index contributed by atoms with van der Waals surface area (Å²) in [6, 6.07) is 21.4. The Labute approximate surface area is 242 Å². The number of carbonyl (C=O) groups excluding carboxylic acids is 1. The molecule has 1 amide bonds. The number of nitrogens with zero attached hydrogens (tertiary/aromatic N) is 1. The fourth-order valence-electron chi connectivity index (χ4n) is 5.42. The number of nitrogens with two attached hydrogens (primary N) is 1. The molecule has 7 nitrogen and oxygen atoms in total. The highest BCUT2D eigenvalue weighted by Gasteiger charge is 2.50. The summed E-state index contributed by atoms with van der Waals surface area (Å²) in [5.41, 5.74) is 5.84. The maximum atomic E-state index is 12.5. The van der Waals surface area contributed by atoms with E-state index in [0.717, 1.165) is 12.8 Å². The van der Waals surface area contributed by atoms with Crippen LogP contribution in [0.1, 0.15) is 54.4 Å². The third-order valence-electron chi connectivity index (χ3n) is 7.41. The van der Waals surface area contributed by atoms with Crippen LogP contribution in [0.25, 0.3) is 0 Å². The Morgan fingerprint density at radius 3 is 1.90 bits per heavy atom. The van der Waals surface area contributed by atoms with Gasteiger partial charge < -0.3 is 29.3 Å². The van der Waals surface area contributed by atoms with E-state index in [4.69, 9.17) is 24.4 Å². The van der Waals surface area contributed by atoms with E-state index in [1.165, 1.54) is 10.4 Å². The van der Waals surface area contributed by atoms with E-state index < -0.39 is 13.9 Å². The third kappa shape index (κ3) is 8.88. The van der Waals surface area contributed by atoms with Crippen molar-refractivity contribution in [3.8, 4) is 0 Å². The van der Waals surface area contributed by atoms with Crippen LogP contribution in [0.4, 0.5) is 4.79 Å². The van der Waals surface area contributed by atoms with Crippen LogP contribution in [0.2, 0.25) is 5.04 Å². The lowest BCUT2D eigenvalue weighted by molar-refractivity contribution is 0.00768. The monoisotopic (exact) mass is 570 g/mol. The van der Waals surface area contributed by atoms with Crippen LogP contribution >= 0.6 is 0 Å². The second-order valence-electron chi connectivity index (χ2n) is 12.7. The van der Waals surface area contributed by atoms with Gasteiger partial charge in [0.15, 0.2) is 0 Å². The van der Waals surface area contributed by atoms with Crippen molar-refractivity contribution < 1.29 is 23.4 Å². The van der Waals surface area contributed by atoms with E-state index in [0.29, 0.717) is 46.1 Å². The maximum absolute atomic E-state index is 12.5. The van der Waals surface area contributed by atoms with Crippen molar-refractivity contribution in [3.05, 3.63) is 60.7 Å². The second-order valence-corrected chi connectivity index (χ2v) is 17.0. The van der Waals surface area contributed by atoms with Gasteiger partial charge in [-0.3, -0.25) is 0 Å². The molecule has 0 radical (unpaired) electrons. The van der Waals surface area contributed by atoms with E-state index in [9.17, 15) is 4.79 Å². The third-order valence-corrected chi connectivity index (χ3v) is 12.5. The molecule has 2 aromatic rings. The maximum Gasteiger partial charge on any atom is 0.410 e. The molecule has 0 spiro atoms. The second kappa shape index (κ2) is 14.6. The number of rotatable bonds is 12. The number of amides is 1. The van der Waals surface area contributed by atoms with E-state index in [1.54, 1.807) is 4.90 Å². The summed E-state index contributed by atoms with van der Waals surface area (Å²) < 4.78 is 24.1. The molecule has 0 saturated carbocycles. The first kappa shape index (κ1) is 32.3. The number of piperidine rings is 1. The average molecular weight is 571 g/mol. The Kier molecular flexibility index (Phi) is 11.8. The zero-order valence-electron chi connectivity index (χ0n) is 25.4. The Balaban J connectivity index is 1.42. The van der Waals surface area contributed by atoms with Gasteiger partial charge in [-0.1, -0.05) is 81.4 Å². The van der Waals surface area contributed by atoms with Crippen molar-refractivity contribution in [3.63, 3.8) is 0 Å². The summed E-state index contributed by atoms with van der Waals surface area (Å²) in [7, 11) is -2.54. The molecule has 2 N–H and O–H groups in total. The molecule has 2 aromatic carbocycles. The van der Waals surface area contributed by atoms with Gasteiger partial charge in [0, 0.05) is 25.7 Å². The Morgan fingerprint density at radius 2 is 1.38 bits per heavy atom. The highest BCUT2D eigenvalue weighted by molar-refractivity contribution is 6.99. The average Bonchev–Trinajstić information content (AvgIpc) is 2.90. The quantitative estimate of drug-likeness (QED) is 0.297. The van der Waals surface area contributed by atoms with Gasteiger partial charge in [0.25, 0.3) is 8.32 Å². The highest BCUT2D eigenvalue weighted by atomic mass is 28.4. The standard InChI is InChI=1S/C32H50N2O5Si/c1-31(2,3)39-30(35)34-19-17-29(33)26(25-34)18-20-36-21-22-37-23-24-38-40(32(4,5)6,27-13-9-7-10-14-27)28-15-11-8-12-16-28/h7-16,26,29H,17-25,33H2,1-6H3/t26-,29-/m0/s1. The minimum atomic E-state index is -2.54. The van der Waals surface area contributed by atoms with Crippen molar-refractivity contribution in [2.45, 2.75) is 71.1 Å². The molecule has 8 heteroatoms. The van der Waals surface area contributed by atoms with Crippen molar-refractivity contribution in [1.29, 1.82) is 0 Å². The molecule has 1 heterocycles. The number of benzene rings is 2. The van der Waals surface area contributed by atoms with Gasteiger partial charge in [-0.2, -0.15) is 0 Å². The summed E-state index contributed by atoms with van der Waals surface area (Å²) in [4.78, 5) is 14.2. The van der Waals surface area contributed by atoms with Crippen molar-refractivity contribution >= 4 is 24.8 Å². The van der Waals surface area contributed by atoms with Crippen LogP contribution in [-0.4, -0.2) is 77.1 Å². The molecule has 222 valence electrons. The summed E-state index contributed by atoms with van der Waals surface area (Å²) in [5, 5.41) is 2.48. The fraction of sp³-hybridized carbons (Fsp3) is 0.594. The van der Waals surface area contributed by atoms with Gasteiger partial charge in [0.05, 0.1) is 26.4 Å². The Hall–Kier alpha value is -2.23. The van der Waals surface area contributed by atoms with Crippen LogP contribution in [0.3, 0.4) is 0 Å². The van der Waals surface area contributed by atoms with Crippen LogP contribution in [-0.2, 0) is 18.6 Å². The van der Waals surface area contributed by atoms with Gasteiger partial charge in [0.1, 0.15) is 5.60 Å². The van der Waals surface area contributed by atoms with Crippen molar-refractivity contribution in [1.82, 2.24) is 4.90 Å². The van der Waals surface area contributed by atoms with Crippen molar-refractivity contribution in [2.75, 3.05) is 46.1 Å². The molecule has 1 fully saturated rings. The molecule has 1 saturated heterocycles. The number of hydrogen-bond acceptors (Lipinski definition) is 6. The molecule has 1 aliphatic heterocycles. The molecule has 0 aliphatic carbocycles. The summed E-state index contributed by atoms with van der Waals surface area (Å²) in [5.74, 6) is 0.196. The zero-order chi connectivity index (χ0) is 29.2. The molecule has 40 heavy (non-hydrogen) atoms. The van der Waals surface area contributed by atoms with Gasteiger partial charge in [-0.25, -0.2) is 4.79 Å². The molecular weight excluding hydrogens is 520 g/mol.